The second-order valence-corrected chi connectivity index (χ2v) is 13.8. The monoisotopic (exact) mass is 591 g/mol. The number of fused-ring (bicyclic) bond motifs is 1. The molecule has 0 radical (unpaired) electrons. The number of piperidine rings is 1. The van der Waals surface area contributed by atoms with E-state index in [1.165, 1.54) is 11.0 Å². The van der Waals surface area contributed by atoms with Gasteiger partial charge in [-0.15, -0.1) is 6.58 Å². The van der Waals surface area contributed by atoms with Crippen molar-refractivity contribution in [3.8, 4) is 0 Å². The lowest BCUT2D eigenvalue weighted by atomic mass is 9.85. The molecule has 0 aromatic carbocycles. The van der Waals surface area contributed by atoms with Crippen molar-refractivity contribution in [2.75, 3.05) is 19.6 Å². The fraction of sp³-hybridized carbons (Fsp3) is 0.733. The van der Waals surface area contributed by atoms with Crippen molar-refractivity contribution in [1.82, 2.24) is 26.2 Å². The van der Waals surface area contributed by atoms with Gasteiger partial charge >= 0.3 is 6.09 Å². The van der Waals surface area contributed by atoms with E-state index in [9.17, 15) is 28.8 Å². The molecule has 1 aliphatic carbocycles. The Bertz CT molecular complexity index is 1090. The van der Waals surface area contributed by atoms with E-state index in [0.29, 0.717) is 13.0 Å². The van der Waals surface area contributed by atoms with Crippen LogP contribution in [0.3, 0.4) is 0 Å². The van der Waals surface area contributed by atoms with Crippen molar-refractivity contribution in [2.24, 2.45) is 22.7 Å². The second kappa shape index (κ2) is 13.2. The Balaban J connectivity index is 2.24. The number of hydrogen-bond donors (Lipinski definition) is 4. The summed E-state index contributed by atoms with van der Waals surface area (Å²) < 4.78 is 5.39. The molecular formula is C30H49N5O7. The van der Waals surface area contributed by atoms with Gasteiger partial charge in [-0.1, -0.05) is 54.0 Å². The number of carbonyl (C=O) groups is 6. The van der Waals surface area contributed by atoms with Crippen LogP contribution in [0.4, 0.5) is 4.79 Å². The maximum Gasteiger partial charge on any atom is 0.408 e. The van der Waals surface area contributed by atoms with Crippen LogP contribution in [0, 0.1) is 22.7 Å². The summed E-state index contributed by atoms with van der Waals surface area (Å²) in [5, 5.41) is 10.2. The van der Waals surface area contributed by atoms with Gasteiger partial charge in [-0.05, 0) is 49.9 Å². The van der Waals surface area contributed by atoms with E-state index in [-0.39, 0.29) is 30.2 Å². The van der Waals surface area contributed by atoms with Crippen LogP contribution in [0.25, 0.3) is 0 Å². The number of likely N-dealkylation sites (tertiary alicyclic amines) is 1. The van der Waals surface area contributed by atoms with Crippen LogP contribution in [0.1, 0.15) is 75.2 Å². The van der Waals surface area contributed by atoms with Gasteiger partial charge in [-0.3, -0.25) is 24.0 Å². The number of alkyl carbamates (subject to hydrolysis) is 1. The molecule has 12 nitrogen and oxygen atoms in total. The van der Waals surface area contributed by atoms with Crippen LogP contribution >= 0.6 is 0 Å². The highest BCUT2D eigenvalue weighted by Crippen LogP contribution is 2.65. The zero-order chi connectivity index (χ0) is 32.2. The van der Waals surface area contributed by atoms with E-state index in [4.69, 9.17) is 4.74 Å². The van der Waals surface area contributed by atoms with Gasteiger partial charge < -0.3 is 30.9 Å². The van der Waals surface area contributed by atoms with Crippen molar-refractivity contribution in [3.63, 3.8) is 0 Å². The third-order valence-electron chi connectivity index (χ3n) is 7.82. The summed E-state index contributed by atoms with van der Waals surface area (Å²) in [6.07, 6.45) is 1.45. The van der Waals surface area contributed by atoms with Gasteiger partial charge in [0, 0.05) is 13.1 Å². The Morgan fingerprint density at radius 2 is 1.64 bits per heavy atom. The van der Waals surface area contributed by atoms with E-state index in [1.54, 1.807) is 20.8 Å². The molecule has 1 aliphatic heterocycles. The van der Waals surface area contributed by atoms with Crippen molar-refractivity contribution >= 4 is 35.5 Å². The lowest BCUT2D eigenvalue weighted by molar-refractivity contribution is -0.145. The summed E-state index contributed by atoms with van der Waals surface area (Å²) in [4.78, 5) is 79.3. The molecule has 0 aromatic rings. The third kappa shape index (κ3) is 8.54. The molecule has 12 heteroatoms. The van der Waals surface area contributed by atoms with Crippen LogP contribution in [0.5, 0.6) is 0 Å². The Morgan fingerprint density at radius 3 is 2.17 bits per heavy atom. The summed E-state index contributed by atoms with van der Waals surface area (Å²) >= 11 is 0. The molecule has 0 aromatic heterocycles. The maximum atomic E-state index is 14.0. The molecular weight excluding hydrogens is 542 g/mol. The van der Waals surface area contributed by atoms with Gasteiger partial charge in [0.05, 0.1) is 12.6 Å². The van der Waals surface area contributed by atoms with Crippen molar-refractivity contribution < 1.29 is 33.5 Å². The average Bonchev–Trinajstić information content (AvgIpc) is 3.19. The molecule has 1 saturated carbocycles. The zero-order valence-corrected chi connectivity index (χ0v) is 26.5. The van der Waals surface area contributed by atoms with Gasteiger partial charge in [0.1, 0.15) is 17.7 Å². The smallest absolute Gasteiger partial charge is 0.408 e. The fourth-order valence-corrected chi connectivity index (χ4v) is 5.52. The molecule has 1 heterocycles. The minimum Gasteiger partial charge on any atom is -0.444 e. The first-order valence-corrected chi connectivity index (χ1v) is 14.6. The molecule has 0 spiro atoms. The molecule has 2 rings (SSSR count). The minimum atomic E-state index is -1.13. The molecule has 5 unspecified atom stereocenters. The number of ether oxygens (including phenoxy) is 1. The first-order chi connectivity index (χ1) is 19.3. The van der Waals surface area contributed by atoms with E-state index >= 15 is 0 Å². The standard InChI is InChI=1S/C30H49N5O7/c1-11-13-18(22(37)25(39)32-15-19(36)31-14-12-2)33-24(38)21-20-17(30(20,9)10)16-35(21)26(40)23(28(3,4)5)34-27(41)42-29(6,7)8/h12,17-18,20-21,23H,2,11,13-16H2,1,3-10H3,(H,31,36)(H,32,39)(H,33,38)(H,34,41). The minimum absolute atomic E-state index is 0.0667. The molecule has 42 heavy (non-hydrogen) atoms. The Hall–Kier alpha value is -3.44. The number of nitrogens with one attached hydrogen (secondary N) is 4. The summed E-state index contributed by atoms with van der Waals surface area (Å²) in [5.74, 6) is -3.37. The van der Waals surface area contributed by atoms with Crippen LogP contribution in [0.15, 0.2) is 12.7 Å². The average molecular weight is 592 g/mol. The summed E-state index contributed by atoms with van der Waals surface area (Å²) in [6, 6.07) is -2.99. The number of Topliss-reactive ketones (excluding diaryl/α,β-unsaturated/α-hetero) is 1. The van der Waals surface area contributed by atoms with Crippen molar-refractivity contribution in [2.45, 2.75) is 98.9 Å². The predicted octanol–water partition coefficient (Wildman–Crippen LogP) is 1.68. The third-order valence-corrected chi connectivity index (χ3v) is 7.82. The van der Waals surface area contributed by atoms with E-state index in [2.05, 4.69) is 27.8 Å². The topological polar surface area (TPSA) is 163 Å². The molecule has 2 fully saturated rings. The van der Waals surface area contributed by atoms with Gasteiger partial charge in [-0.2, -0.15) is 0 Å². The lowest BCUT2D eigenvalue weighted by Gasteiger charge is -2.38. The number of carbonyl (C=O) groups excluding carboxylic acids is 6. The molecule has 2 aliphatic rings. The van der Waals surface area contributed by atoms with Gasteiger partial charge in [0.15, 0.2) is 0 Å². The van der Waals surface area contributed by atoms with Crippen molar-refractivity contribution in [3.05, 3.63) is 12.7 Å². The van der Waals surface area contributed by atoms with Crippen LogP contribution in [0.2, 0.25) is 0 Å². The van der Waals surface area contributed by atoms with Crippen LogP contribution < -0.4 is 21.3 Å². The normalized spacial score (nSPS) is 22.1. The Morgan fingerprint density at radius 1 is 1.02 bits per heavy atom. The molecule has 236 valence electrons. The number of rotatable bonds is 12. The van der Waals surface area contributed by atoms with Crippen molar-refractivity contribution in [1.29, 1.82) is 0 Å². The molecule has 5 amide bonds. The SMILES string of the molecule is C=CCNC(=O)CNC(=O)C(=O)C(CCC)NC(=O)C1C2C(CN1C(=O)C(NC(=O)OC(C)(C)C)C(C)(C)C)C2(C)C. The fourth-order valence-electron chi connectivity index (χ4n) is 5.52. The maximum absolute atomic E-state index is 14.0. The second-order valence-electron chi connectivity index (χ2n) is 13.8. The molecule has 5 atom stereocenters. The lowest BCUT2D eigenvalue weighted by Crippen LogP contribution is -2.60. The largest absolute Gasteiger partial charge is 0.444 e. The number of hydrogen-bond acceptors (Lipinski definition) is 7. The van der Waals surface area contributed by atoms with E-state index in [0.717, 1.165) is 0 Å². The van der Waals surface area contributed by atoms with Crippen LogP contribution in [-0.4, -0.2) is 83.8 Å². The first kappa shape index (κ1) is 34.8. The highest BCUT2D eigenvalue weighted by atomic mass is 16.6. The number of nitrogens with zero attached hydrogens (tertiary/aromatic N) is 1. The van der Waals surface area contributed by atoms with Gasteiger partial charge in [-0.25, -0.2) is 4.79 Å². The molecule has 4 N–H and O–H groups in total. The number of amides is 5. The quantitative estimate of drug-likeness (QED) is 0.198. The van der Waals surface area contributed by atoms with E-state index in [1.807, 2.05) is 41.5 Å². The highest BCUT2D eigenvalue weighted by molar-refractivity contribution is 6.38. The molecule has 1 saturated heterocycles. The molecule has 0 bridgehead atoms. The summed E-state index contributed by atoms with van der Waals surface area (Å²) in [5.41, 5.74) is -1.66. The van der Waals surface area contributed by atoms with E-state index < -0.39 is 71.2 Å². The van der Waals surface area contributed by atoms with Gasteiger partial charge in [0.25, 0.3) is 5.91 Å². The summed E-state index contributed by atoms with van der Waals surface area (Å²) in [6.45, 7) is 20.1. The van der Waals surface area contributed by atoms with Gasteiger partial charge in [0.2, 0.25) is 23.5 Å². The Kier molecular flexibility index (Phi) is 11.0. The Labute approximate surface area is 249 Å². The zero-order valence-electron chi connectivity index (χ0n) is 26.5. The summed E-state index contributed by atoms with van der Waals surface area (Å²) in [7, 11) is 0. The number of ketones is 1. The van der Waals surface area contributed by atoms with Crippen LogP contribution in [-0.2, 0) is 28.7 Å². The highest BCUT2D eigenvalue weighted by Gasteiger charge is 2.70. The first-order valence-electron chi connectivity index (χ1n) is 14.6. The predicted molar refractivity (Wildman–Crippen MR) is 157 cm³/mol.